The second-order valence-corrected chi connectivity index (χ2v) is 5.60. The Balaban J connectivity index is 1.52. The maximum atomic E-state index is 12.7. The molecule has 0 radical (unpaired) electrons. The second kappa shape index (κ2) is 6.51. The largest absolute Gasteiger partial charge is 0.485 e. The van der Waals surface area contributed by atoms with Gasteiger partial charge >= 0.3 is 6.18 Å². The lowest BCUT2D eigenvalue weighted by Crippen LogP contribution is -2.56. The van der Waals surface area contributed by atoms with Crippen molar-refractivity contribution >= 4 is 5.91 Å². The van der Waals surface area contributed by atoms with Crippen molar-refractivity contribution in [3.8, 4) is 5.75 Å². The number of pyridine rings is 1. The fourth-order valence-corrected chi connectivity index (χ4v) is 2.47. The van der Waals surface area contributed by atoms with Gasteiger partial charge in [-0.3, -0.25) is 9.78 Å². The first-order chi connectivity index (χ1) is 11.4. The summed E-state index contributed by atoms with van der Waals surface area (Å²) in [5.74, 6) is 0.424. The molecule has 24 heavy (non-hydrogen) atoms. The molecule has 1 aliphatic rings. The quantitative estimate of drug-likeness (QED) is 0.862. The van der Waals surface area contributed by atoms with Gasteiger partial charge in [-0.15, -0.1) is 0 Å². The van der Waals surface area contributed by atoms with Crippen LogP contribution in [-0.2, 0) is 17.4 Å². The molecule has 1 fully saturated rings. The number of carbonyl (C=O) groups excluding carboxylic acids is 1. The van der Waals surface area contributed by atoms with Crippen LogP contribution in [0.1, 0.15) is 11.1 Å². The van der Waals surface area contributed by atoms with Crippen molar-refractivity contribution in [3.63, 3.8) is 0 Å². The van der Waals surface area contributed by atoms with Gasteiger partial charge in [-0.1, -0.05) is 18.2 Å². The number of rotatable bonds is 4. The predicted octanol–water partition coefficient (Wildman–Crippen LogP) is 2.93. The minimum absolute atomic E-state index is 0.0521. The Hall–Kier alpha value is -2.57. The Labute approximate surface area is 136 Å². The first kappa shape index (κ1) is 16.3. The number of hydrogen-bond acceptors (Lipinski definition) is 3. The highest BCUT2D eigenvalue weighted by Gasteiger charge is 2.33. The van der Waals surface area contributed by atoms with Crippen LogP contribution in [0.15, 0.2) is 48.8 Å². The molecule has 4 nitrogen and oxygen atoms in total. The predicted molar refractivity (Wildman–Crippen MR) is 80.4 cm³/mol. The molecule has 7 heteroatoms. The van der Waals surface area contributed by atoms with E-state index in [2.05, 4.69) is 4.98 Å². The molecule has 1 aliphatic heterocycles. The van der Waals surface area contributed by atoms with Gasteiger partial charge in [-0.2, -0.15) is 13.2 Å². The van der Waals surface area contributed by atoms with E-state index in [1.807, 2.05) is 0 Å². The van der Waals surface area contributed by atoms with Gasteiger partial charge in [0.05, 0.1) is 31.3 Å². The molecule has 1 amide bonds. The van der Waals surface area contributed by atoms with Crippen molar-refractivity contribution in [1.29, 1.82) is 0 Å². The molecule has 0 bridgehead atoms. The first-order valence-corrected chi connectivity index (χ1v) is 7.42. The Morgan fingerprint density at radius 3 is 2.71 bits per heavy atom. The molecule has 1 aromatic heterocycles. The van der Waals surface area contributed by atoms with Crippen LogP contribution in [-0.4, -0.2) is 35.0 Å². The van der Waals surface area contributed by atoms with Gasteiger partial charge in [0.25, 0.3) is 0 Å². The lowest BCUT2D eigenvalue weighted by molar-refractivity contribution is -0.140. The summed E-state index contributed by atoms with van der Waals surface area (Å²) in [5.41, 5.74) is -0.388. The van der Waals surface area contributed by atoms with E-state index in [-0.39, 0.29) is 18.4 Å². The van der Waals surface area contributed by atoms with Gasteiger partial charge < -0.3 is 9.64 Å². The van der Waals surface area contributed by atoms with Gasteiger partial charge in [0, 0.05) is 6.20 Å². The third-order valence-corrected chi connectivity index (χ3v) is 3.75. The fourth-order valence-electron chi connectivity index (χ4n) is 2.47. The van der Waals surface area contributed by atoms with Crippen molar-refractivity contribution in [2.24, 2.45) is 0 Å². The van der Waals surface area contributed by atoms with Crippen LogP contribution in [0.25, 0.3) is 0 Å². The number of likely N-dealkylation sites (tertiary alicyclic amines) is 1. The topological polar surface area (TPSA) is 42.4 Å². The normalized spacial score (nSPS) is 15.0. The fraction of sp³-hybridized carbons (Fsp3) is 0.294. The molecular weight excluding hydrogens is 321 g/mol. The minimum atomic E-state index is -4.40. The number of ether oxygens (including phenoxy) is 1. The third-order valence-electron chi connectivity index (χ3n) is 3.75. The van der Waals surface area contributed by atoms with E-state index in [0.717, 1.165) is 12.1 Å². The highest BCUT2D eigenvalue weighted by atomic mass is 19.4. The van der Waals surface area contributed by atoms with Crippen LogP contribution < -0.4 is 4.74 Å². The number of hydrogen-bond donors (Lipinski definition) is 0. The van der Waals surface area contributed by atoms with Crippen LogP contribution in [0.5, 0.6) is 5.75 Å². The number of halogens is 3. The van der Waals surface area contributed by atoms with E-state index in [1.54, 1.807) is 29.4 Å². The Morgan fingerprint density at radius 2 is 2.04 bits per heavy atom. The van der Waals surface area contributed by atoms with Gasteiger partial charge in [-0.05, 0) is 23.8 Å². The molecule has 126 valence electrons. The number of aromatic nitrogens is 1. The highest BCUT2D eigenvalue weighted by Crippen LogP contribution is 2.29. The summed E-state index contributed by atoms with van der Waals surface area (Å²) in [7, 11) is 0. The van der Waals surface area contributed by atoms with E-state index in [0.29, 0.717) is 24.4 Å². The molecule has 1 aromatic carbocycles. The summed E-state index contributed by atoms with van der Waals surface area (Å²) in [6.07, 6.45) is -1.34. The summed E-state index contributed by atoms with van der Waals surface area (Å²) < 4.78 is 43.7. The molecule has 0 spiro atoms. The maximum Gasteiger partial charge on any atom is 0.416 e. The van der Waals surface area contributed by atoms with E-state index < -0.39 is 11.7 Å². The molecule has 0 unspecified atom stereocenters. The molecule has 1 saturated heterocycles. The van der Waals surface area contributed by atoms with E-state index >= 15 is 0 Å². The third kappa shape index (κ3) is 3.84. The van der Waals surface area contributed by atoms with Crippen molar-refractivity contribution in [2.75, 3.05) is 13.1 Å². The Bertz CT molecular complexity index is 713. The Morgan fingerprint density at radius 1 is 1.25 bits per heavy atom. The number of nitrogens with zero attached hydrogens (tertiary/aromatic N) is 2. The average molecular weight is 336 g/mol. The number of alkyl halides is 3. The summed E-state index contributed by atoms with van der Waals surface area (Å²) >= 11 is 0. The molecule has 2 heterocycles. The SMILES string of the molecule is O=C(Cc1cccc(C(F)(F)F)c1)N1CC(Oc2cccnc2)C1. The lowest BCUT2D eigenvalue weighted by Gasteiger charge is -2.39. The summed E-state index contributed by atoms with van der Waals surface area (Å²) in [6.45, 7) is 0.847. The molecule has 0 atom stereocenters. The van der Waals surface area contributed by atoms with Crippen LogP contribution in [0, 0.1) is 0 Å². The highest BCUT2D eigenvalue weighted by molar-refractivity contribution is 5.79. The van der Waals surface area contributed by atoms with E-state index in [1.165, 1.54) is 12.1 Å². The van der Waals surface area contributed by atoms with E-state index in [9.17, 15) is 18.0 Å². The average Bonchev–Trinajstić information content (AvgIpc) is 2.51. The van der Waals surface area contributed by atoms with Gasteiger partial charge in [0.15, 0.2) is 0 Å². The minimum Gasteiger partial charge on any atom is -0.485 e. The first-order valence-electron chi connectivity index (χ1n) is 7.42. The second-order valence-electron chi connectivity index (χ2n) is 5.60. The lowest BCUT2D eigenvalue weighted by atomic mass is 10.1. The molecular formula is C17H15F3N2O2. The zero-order valence-corrected chi connectivity index (χ0v) is 12.7. The molecule has 3 rings (SSSR count). The summed E-state index contributed by atoms with van der Waals surface area (Å²) in [5, 5.41) is 0. The molecule has 0 N–H and O–H groups in total. The van der Waals surface area contributed by atoms with Crippen LogP contribution in [0.2, 0.25) is 0 Å². The van der Waals surface area contributed by atoms with Gasteiger partial charge in [-0.25, -0.2) is 0 Å². The van der Waals surface area contributed by atoms with Crippen LogP contribution >= 0.6 is 0 Å². The molecule has 0 aliphatic carbocycles. The Kier molecular flexibility index (Phi) is 4.42. The van der Waals surface area contributed by atoms with Crippen molar-refractivity contribution < 1.29 is 22.7 Å². The smallest absolute Gasteiger partial charge is 0.416 e. The van der Waals surface area contributed by atoms with Crippen LogP contribution in [0.3, 0.4) is 0 Å². The molecule has 2 aromatic rings. The zero-order valence-electron chi connectivity index (χ0n) is 12.7. The van der Waals surface area contributed by atoms with Crippen molar-refractivity contribution in [2.45, 2.75) is 18.7 Å². The van der Waals surface area contributed by atoms with Gasteiger partial charge in [0.2, 0.25) is 5.91 Å². The monoisotopic (exact) mass is 336 g/mol. The standard InChI is InChI=1S/C17H15F3N2O2/c18-17(19,20)13-4-1-3-12(7-13)8-16(23)22-10-15(11-22)24-14-5-2-6-21-9-14/h1-7,9,15H,8,10-11H2. The number of carbonyl (C=O) groups is 1. The van der Waals surface area contributed by atoms with E-state index in [4.69, 9.17) is 4.74 Å². The maximum absolute atomic E-state index is 12.7. The van der Waals surface area contributed by atoms with Crippen molar-refractivity contribution in [3.05, 3.63) is 59.9 Å². The van der Waals surface area contributed by atoms with Crippen molar-refractivity contribution in [1.82, 2.24) is 9.88 Å². The molecule has 0 saturated carbocycles. The summed E-state index contributed by atoms with van der Waals surface area (Å²) in [6, 6.07) is 8.38. The number of amides is 1. The van der Waals surface area contributed by atoms with Gasteiger partial charge in [0.1, 0.15) is 11.9 Å². The summed E-state index contributed by atoms with van der Waals surface area (Å²) in [4.78, 5) is 17.6. The zero-order chi connectivity index (χ0) is 17.2. The van der Waals surface area contributed by atoms with Crippen LogP contribution in [0.4, 0.5) is 13.2 Å². The number of benzene rings is 1.